The number of sulfonamides is 1. The molecule has 0 radical (unpaired) electrons. The molecule has 0 aliphatic carbocycles. The van der Waals surface area contributed by atoms with Gasteiger partial charge in [-0.1, -0.05) is 6.07 Å². The molecular formula is C10H16N2O3S. The first-order valence-corrected chi connectivity index (χ1v) is 6.66. The van der Waals surface area contributed by atoms with Gasteiger partial charge in [-0.2, -0.15) is 0 Å². The van der Waals surface area contributed by atoms with Gasteiger partial charge in [-0.05, 0) is 19.1 Å². The zero-order chi connectivity index (χ0) is 12.0. The summed E-state index contributed by atoms with van der Waals surface area (Å²) < 4.78 is 30.4. The Labute approximate surface area is 95.7 Å². The first-order valence-electron chi connectivity index (χ1n) is 5.01. The Kier molecular flexibility index (Phi) is 4.57. The minimum absolute atomic E-state index is 0.0425. The summed E-state index contributed by atoms with van der Waals surface area (Å²) in [5.41, 5.74) is 5.80. The maximum Gasteiger partial charge on any atom is 0.232 e. The van der Waals surface area contributed by atoms with Crippen molar-refractivity contribution in [2.24, 2.45) is 5.73 Å². The van der Waals surface area contributed by atoms with Crippen LogP contribution in [0.5, 0.6) is 5.75 Å². The first-order chi connectivity index (χ1) is 7.57. The van der Waals surface area contributed by atoms with Crippen LogP contribution < -0.4 is 15.2 Å². The maximum atomic E-state index is 11.3. The fraction of sp³-hybridized carbons (Fsp3) is 0.400. The second kappa shape index (κ2) is 5.72. The van der Waals surface area contributed by atoms with Crippen molar-refractivity contribution in [3.63, 3.8) is 0 Å². The van der Waals surface area contributed by atoms with E-state index in [2.05, 4.69) is 4.72 Å². The predicted molar refractivity (Wildman–Crippen MR) is 64.1 cm³/mol. The van der Waals surface area contributed by atoms with Crippen molar-refractivity contribution in [2.75, 3.05) is 23.6 Å². The molecule has 3 N–H and O–H groups in total. The van der Waals surface area contributed by atoms with E-state index >= 15 is 0 Å². The van der Waals surface area contributed by atoms with Crippen LogP contribution in [0, 0.1) is 0 Å². The minimum Gasteiger partial charge on any atom is -0.492 e. The van der Waals surface area contributed by atoms with Gasteiger partial charge in [0, 0.05) is 12.6 Å². The molecule has 0 atom stereocenters. The van der Waals surface area contributed by atoms with Crippen LogP contribution in [0.3, 0.4) is 0 Å². The quantitative estimate of drug-likeness (QED) is 0.775. The Bertz CT molecular complexity index is 431. The van der Waals surface area contributed by atoms with Gasteiger partial charge in [0.25, 0.3) is 0 Å². The number of hydrogen-bond acceptors (Lipinski definition) is 4. The zero-order valence-electron chi connectivity index (χ0n) is 9.14. The monoisotopic (exact) mass is 244 g/mol. The number of benzene rings is 1. The number of nitrogens with one attached hydrogen (secondary N) is 1. The average molecular weight is 244 g/mol. The van der Waals surface area contributed by atoms with Gasteiger partial charge in [-0.3, -0.25) is 4.72 Å². The lowest BCUT2D eigenvalue weighted by atomic mass is 10.3. The van der Waals surface area contributed by atoms with E-state index < -0.39 is 10.0 Å². The van der Waals surface area contributed by atoms with Crippen LogP contribution in [0.4, 0.5) is 5.69 Å². The summed E-state index contributed by atoms with van der Waals surface area (Å²) in [5, 5.41) is 0. The highest BCUT2D eigenvalue weighted by Crippen LogP contribution is 2.18. The van der Waals surface area contributed by atoms with E-state index in [9.17, 15) is 8.42 Å². The molecule has 90 valence electrons. The van der Waals surface area contributed by atoms with E-state index in [4.69, 9.17) is 10.5 Å². The van der Waals surface area contributed by atoms with Crippen molar-refractivity contribution in [1.82, 2.24) is 0 Å². The topological polar surface area (TPSA) is 81.4 Å². The van der Waals surface area contributed by atoms with Gasteiger partial charge in [0.05, 0.1) is 11.4 Å². The van der Waals surface area contributed by atoms with E-state index in [1.165, 1.54) is 0 Å². The Morgan fingerprint density at radius 3 is 2.81 bits per heavy atom. The van der Waals surface area contributed by atoms with Crippen molar-refractivity contribution in [3.8, 4) is 5.75 Å². The molecule has 0 heterocycles. The van der Waals surface area contributed by atoms with Crippen molar-refractivity contribution in [1.29, 1.82) is 0 Å². The molecule has 1 aromatic carbocycles. The van der Waals surface area contributed by atoms with Gasteiger partial charge in [0.2, 0.25) is 10.0 Å². The van der Waals surface area contributed by atoms with Gasteiger partial charge in [-0.25, -0.2) is 8.42 Å². The molecule has 0 fully saturated rings. The fourth-order valence-corrected chi connectivity index (χ4v) is 1.71. The number of hydrogen-bond donors (Lipinski definition) is 2. The highest BCUT2D eigenvalue weighted by Gasteiger charge is 2.06. The molecular weight excluding hydrogens is 228 g/mol. The molecule has 6 heteroatoms. The van der Waals surface area contributed by atoms with E-state index in [-0.39, 0.29) is 5.75 Å². The fourth-order valence-electron chi connectivity index (χ4n) is 1.08. The summed E-state index contributed by atoms with van der Waals surface area (Å²) in [7, 11) is -3.24. The second-order valence-corrected chi connectivity index (χ2v) is 5.18. The van der Waals surface area contributed by atoms with Crippen LogP contribution in [-0.4, -0.2) is 27.3 Å². The highest BCUT2D eigenvalue weighted by molar-refractivity contribution is 7.92. The summed E-state index contributed by atoms with van der Waals surface area (Å²) in [6.45, 7) is 2.41. The summed E-state index contributed by atoms with van der Waals surface area (Å²) >= 11 is 0. The normalized spacial score (nSPS) is 11.1. The molecule has 0 aliphatic rings. The standard InChI is InChI=1S/C10H16N2O3S/c1-2-16(13,14)12-9-4-3-5-10(8-9)15-7-6-11/h3-5,8,12H,2,6-7,11H2,1H3. The van der Waals surface area contributed by atoms with Gasteiger partial charge in [0.1, 0.15) is 12.4 Å². The zero-order valence-corrected chi connectivity index (χ0v) is 9.96. The molecule has 0 saturated heterocycles. The van der Waals surface area contributed by atoms with E-state index in [1.54, 1.807) is 31.2 Å². The number of rotatable bonds is 6. The molecule has 0 unspecified atom stereocenters. The highest BCUT2D eigenvalue weighted by atomic mass is 32.2. The van der Waals surface area contributed by atoms with Crippen LogP contribution in [-0.2, 0) is 10.0 Å². The third kappa shape index (κ3) is 4.08. The molecule has 5 nitrogen and oxygen atoms in total. The van der Waals surface area contributed by atoms with Crippen LogP contribution >= 0.6 is 0 Å². The molecule has 16 heavy (non-hydrogen) atoms. The van der Waals surface area contributed by atoms with Crippen LogP contribution in [0.1, 0.15) is 6.92 Å². The van der Waals surface area contributed by atoms with Crippen LogP contribution in [0.2, 0.25) is 0 Å². The Morgan fingerprint density at radius 1 is 1.44 bits per heavy atom. The molecule has 0 bridgehead atoms. The van der Waals surface area contributed by atoms with E-state index in [0.717, 1.165) is 0 Å². The van der Waals surface area contributed by atoms with Crippen molar-refractivity contribution in [3.05, 3.63) is 24.3 Å². The summed E-state index contributed by atoms with van der Waals surface area (Å²) in [4.78, 5) is 0. The molecule has 0 saturated carbocycles. The molecule has 0 aliphatic heterocycles. The van der Waals surface area contributed by atoms with Gasteiger partial charge in [0.15, 0.2) is 0 Å². The number of ether oxygens (including phenoxy) is 1. The van der Waals surface area contributed by atoms with Crippen LogP contribution in [0.25, 0.3) is 0 Å². The van der Waals surface area contributed by atoms with Crippen LogP contribution in [0.15, 0.2) is 24.3 Å². The average Bonchev–Trinajstić information content (AvgIpc) is 2.26. The molecule has 0 spiro atoms. The van der Waals surface area contributed by atoms with Crippen molar-refractivity contribution >= 4 is 15.7 Å². The molecule has 1 aromatic rings. The largest absolute Gasteiger partial charge is 0.492 e. The molecule has 0 amide bonds. The number of nitrogens with two attached hydrogens (primary N) is 1. The third-order valence-electron chi connectivity index (χ3n) is 1.87. The van der Waals surface area contributed by atoms with E-state index in [0.29, 0.717) is 24.6 Å². The molecule has 1 rings (SSSR count). The van der Waals surface area contributed by atoms with E-state index in [1.807, 2.05) is 0 Å². The van der Waals surface area contributed by atoms with Gasteiger partial charge < -0.3 is 10.5 Å². The Morgan fingerprint density at radius 2 is 2.19 bits per heavy atom. The van der Waals surface area contributed by atoms with Gasteiger partial charge in [-0.15, -0.1) is 0 Å². The van der Waals surface area contributed by atoms with Crippen molar-refractivity contribution in [2.45, 2.75) is 6.92 Å². The maximum absolute atomic E-state index is 11.3. The third-order valence-corrected chi connectivity index (χ3v) is 3.18. The lowest BCUT2D eigenvalue weighted by Crippen LogP contribution is -2.15. The van der Waals surface area contributed by atoms with Crippen molar-refractivity contribution < 1.29 is 13.2 Å². The first kappa shape index (κ1) is 12.8. The predicted octanol–water partition coefficient (Wildman–Crippen LogP) is 0.786. The summed E-state index contributed by atoms with van der Waals surface area (Å²) in [6.07, 6.45) is 0. The summed E-state index contributed by atoms with van der Waals surface area (Å²) in [5.74, 6) is 0.641. The van der Waals surface area contributed by atoms with Gasteiger partial charge >= 0.3 is 0 Å². The molecule has 0 aromatic heterocycles. The second-order valence-electron chi connectivity index (χ2n) is 3.17. The minimum atomic E-state index is -3.24. The SMILES string of the molecule is CCS(=O)(=O)Nc1cccc(OCCN)c1. The lowest BCUT2D eigenvalue weighted by Gasteiger charge is -2.08. The number of anilines is 1. The Hall–Kier alpha value is -1.27. The Balaban J connectivity index is 2.75. The smallest absolute Gasteiger partial charge is 0.232 e. The lowest BCUT2D eigenvalue weighted by molar-refractivity contribution is 0.328. The summed E-state index contributed by atoms with van der Waals surface area (Å²) in [6, 6.07) is 6.77.